The standard InChI is InChI=1S/C22H26N4O3/c1-12(2)26-20-18(11-23-26)17(21(27)24-15(5)14(4)22(28)29)10-19(25-20)16-8-6-13(3)7-9-16/h6-12,14-15H,1-5H3,(H,24,27)(H,28,29). The van der Waals surface area contributed by atoms with Crippen LogP contribution in [0.1, 0.15) is 49.7 Å². The summed E-state index contributed by atoms with van der Waals surface area (Å²) in [7, 11) is 0. The van der Waals surface area contributed by atoms with E-state index in [1.165, 1.54) is 0 Å². The molecule has 1 amide bonds. The number of pyridine rings is 1. The fourth-order valence-electron chi connectivity index (χ4n) is 3.08. The minimum absolute atomic E-state index is 0.0788. The van der Waals surface area contributed by atoms with Gasteiger partial charge in [0.05, 0.1) is 28.8 Å². The van der Waals surface area contributed by atoms with Crippen molar-refractivity contribution in [1.82, 2.24) is 20.1 Å². The Balaban J connectivity index is 2.10. The second kappa shape index (κ2) is 8.03. The van der Waals surface area contributed by atoms with Crippen LogP contribution in [0.3, 0.4) is 0 Å². The van der Waals surface area contributed by atoms with E-state index in [0.717, 1.165) is 11.1 Å². The second-order valence-electron chi connectivity index (χ2n) is 7.73. The maximum atomic E-state index is 13.0. The molecule has 29 heavy (non-hydrogen) atoms. The zero-order valence-electron chi connectivity index (χ0n) is 17.3. The Bertz CT molecular complexity index is 1050. The summed E-state index contributed by atoms with van der Waals surface area (Å²) in [6.45, 7) is 9.28. The van der Waals surface area contributed by atoms with E-state index < -0.39 is 17.9 Å². The van der Waals surface area contributed by atoms with E-state index in [-0.39, 0.29) is 11.9 Å². The molecule has 0 bridgehead atoms. The summed E-state index contributed by atoms with van der Waals surface area (Å²) < 4.78 is 1.78. The third kappa shape index (κ3) is 4.13. The summed E-state index contributed by atoms with van der Waals surface area (Å²) in [5.74, 6) is -1.99. The number of hydrogen-bond donors (Lipinski definition) is 2. The Labute approximate surface area is 169 Å². The number of carbonyl (C=O) groups excluding carboxylic acids is 1. The molecule has 0 spiro atoms. The van der Waals surface area contributed by atoms with Gasteiger partial charge >= 0.3 is 5.97 Å². The number of fused-ring (bicyclic) bond motifs is 1. The van der Waals surface area contributed by atoms with Gasteiger partial charge in [0.15, 0.2) is 5.65 Å². The summed E-state index contributed by atoms with van der Waals surface area (Å²) in [4.78, 5) is 29.1. The van der Waals surface area contributed by atoms with E-state index in [4.69, 9.17) is 4.98 Å². The van der Waals surface area contributed by atoms with E-state index in [1.807, 2.05) is 45.0 Å². The highest BCUT2D eigenvalue weighted by Crippen LogP contribution is 2.27. The van der Waals surface area contributed by atoms with Gasteiger partial charge in [-0.1, -0.05) is 29.8 Å². The van der Waals surface area contributed by atoms with E-state index in [2.05, 4.69) is 10.4 Å². The van der Waals surface area contributed by atoms with Crippen LogP contribution in [-0.2, 0) is 4.79 Å². The molecule has 0 saturated heterocycles. The number of nitrogens with zero attached hydrogens (tertiary/aromatic N) is 3. The Hall–Kier alpha value is -3.22. The van der Waals surface area contributed by atoms with Gasteiger partial charge in [-0.25, -0.2) is 9.67 Å². The molecule has 152 valence electrons. The summed E-state index contributed by atoms with van der Waals surface area (Å²) >= 11 is 0. The third-order valence-corrected chi connectivity index (χ3v) is 5.15. The van der Waals surface area contributed by atoms with Crippen LogP contribution in [0.5, 0.6) is 0 Å². The van der Waals surface area contributed by atoms with Crippen LogP contribution in [-0.4, -0.2) is 37.8 Å². The van der Waals surface area contributed by atoms with Gasteiger partial charge in [-0.05, 0) is 40.7 Å². The first-order chi connectivity index (χ1) is 13.7. The quantitative estimate of drug-likeness (QED) is 0.662. The first kappa shape index (κ1) is 20.5. The van der Waals surface area contributed by atoms with Gasteiger partial charge in [0.1, 0.15) is 0 Å². The minimum Gasteiger partial charge on any atom is -0.481 e. The Kier molecular flexibility index (Phi) is 5.68. The summed E-state index contributed by atoms with van der Waals surface area (Å²) in [6.07, 6.45) is 1.64. The van der Waals surface area contributed by atoms with Gasteiger partial charge in [0.2, 0.25) is 0 Å². The van der Waals surface area contributed by atoms with Gasteiger partial charge in [-0.2, -0.15) is 5.10 Å². The van der Waals surface area contributed by atoms with Gasteiger partial charge in [-0.15, -0.1) is 0 Å². The van der Waals surface area contributed by atoms with Crippen LogP contribution < -0.4 is 5.32 Å². The first-order valence-electron chi connectivity index (χ1n) is 9.68. The molecule has 0 fully saturated rings. The molecule has 3 rings (SSSR count). The molecule has 2 aromatic heterocycles. The van der Waals surface area contributed by atoms with Crippen LogP contribution >= 0.6 is 0 Å². The number of aliphatic carboxylic acids is 1. The Morgan fingerprint density at radius 1 is 1.10 bits per heavy atom. The number of aryl methyl sites for hydroxylation is 1. The largest absolute Gasteiger partial charge is 0.481 e. The van der Waals surface area contributed by atoms with Gasteiger partial charge in [0.25, 0.3) is 5.91 Å². The lowest BCUT2D eigenvalue weighted by atomic mass is 10.0. The number of carbonyl (C=O) groups is 2. The highest BCUT2D eigenvalue weighted by atomic mass is 16.4. The molecule has 7 heteroatoms. The monoisotopic (exact) mass is 394 g/mol. The van der Waals surface area contributed by atoms with E-state index >= 15 is 0 Å². The fraction of sp³-hybridized carbons (Fsp3) is 0.364. The molecule has 2 N–H and O–H groups in total. The van der Waals surface area contributed by atoms with Crippen molar-refractivity contribution in [3.63, 3.8) is 0 Å². The molecular weight excluding hydrogens is 368 g/mol. The minimum atomic E-state index is -0.953. The van der Waals surface area contributed by atoms with Crippen LogP contribution in [0.4, 0.5) is 0 Å². The van der Waals surface area contributed by atoms with E-state index in [0.29, 0.717) is 22.3 Å². The fourth-order valence-corrected chi connectivity index (χ4v) is 3.08. The van der Waals surface area contributed by atoms with Crippen molar-refractivity contribution >= 4 is 22.9 Å². The smallest absolute Gasteiger partial charge is 0.308 e. The highest BCUT2D eigenvalue weighted by Gasteiger charge is 2.24. The number of carboxylic acid groups (broad SMARTS) is 1. The van der Waals surface area contributed by atoms with Crippen molar-refractivity contribution in [1.29, 1.82) is 0 Å². The average molecular weight is 394 g/mol. The number of carboxylic acids is 1. The van der Waals surface area contributed by atoms with Crippen LogP contribution in [0.2, 0.25) is 0 Å². The molecule has 7 nitrogen and oxygen atoms in total. The Morgan fingerprint density at radius 2 is 1.76 bits per heavy atom. The van der Waals surface area contributed by atoms with Crippen LogP contribution in [0.15, 0.2) is 36.5 Å². The molecule has 0 aliphatic heterocycles. The molecule has 2 heterocycles. The van der Waals surface area contributed by atoms with E-state index in [9.17, 15) is 14.7 Å². The lowest BCUT2D eigenvalue weighted by molar-refractivity contribution is -0.141. The molecule has 0 aliphatic rings. The van der Waals surface area contributed by atoms with E-state index in [1.54, 1.807) is 30.8 Å². The van der Waals surface area contributed by atoms with Crippen molar-refractivity contribution in [3.05, 3.63) is 47.7 Å². The van der Waals surface area contributed by atoms with Crippen molar-refractivity contribution in [2.75, 3.05) is 0 Å². The molecule has 2 unspecified atom stereocenters. The maximum absolute atomic E-state index is 13.0. The van der Waals surface area contributed by atoms with Crippen molar-refractivity contribution in [3.8, 4) is 11.3 Å². The highest BCUT2D eigenvalue weighted by molar-refractivity contribution is 6.06. The topological polar surface area (TPSA) is 97.1 Å². The van der Waals surface area contributed by atoms with Gasteiger partial charge < -0.3 is 10.4 Å². The summed E-state index contributed by atoms with van der Waals surface area (Å²) in [5, 5.41) is 17.1. The zero-order valence-corrected chi connectivity index (χ0v) is 17.3. The molecule has 2 atom stereocenters. The van der Waals surface area contributed by atoms with Gasteiger partial charge in [-0.3, -0.25) is 9.59 Å². The lowest BCUT2D eigenvalue weighted by Crippen LogP contribution is -2.40. The van der Waals surface area contributed by atoms with Crippen molar-refractivity contribution in [2.24, 2.45) is 5.92 Å². The summed E-state index contributed by atoms with van der Waals surface area (Å²) in [5.41, 5.74) is 3.76. The lowest BCUT2D eigenvalue weighted by Gasteiger charge is -2.18. The number of nitrogens with one attached hydrogen (secondary N) is 1. The predicted molar refractivity (Wildman–Crippen MR) is 112 cm³/mol. The van der Waals surface area contributed by atoms with Crippen LogP contribution in [0, 0.1) is 12.8 Å². The second-order valence-corrected chi connectivity index (χ2v) is 7.73. The number of benzene rings is 1. The first-order valence-corrected chi connectivity index (χ1v) is 9.68. The number of rotatable bonds is 6. The predicted octanol–water partition coefficient (Wildman–Crippen LogP) is 3.83. The number of hydrogen-bond acceptors (Lipinski definition) is 4. The molecule has 0 radical (unpaired) electrons. The van der Waals surface area contributed by atoms with Crippen molar-refractivity contribution < 1.29 is 14.7 Å². The molecule has 0 saturated carbocycles. The molecule has 1 aromatic carbocycles. The molecule has 3 aromatic rings. The van der Waals surface area contributed by atoms with Crippen molar-refractivity contribution in [2.45, 2.75) is 46.7 Å². The maximum Gasteiger partial charge on any atom is 0.308 e. The summed E-state index contributed by atoms with van der Waals surface area (Å²) in [6, 6.07) is 9.23. The number of aromatic nitrogens is 3. The SMILES string of the molecule is Cc1ccc(-c2cc(C(=O)NC(C)C(C)C(=O)O)c3cnn(C(C)C)c3n2)cc1. The average Bonchev–Trinajstić information content (AvgIpc) is 3.11. The Morgan fingerprint density at radius 3 is 2.34 bits per heavy atom. The van der Waals surface area contributed by atoms with Crippen LogP contribution in [0.25, 0.3) is 22.3 Å². The van der Waals surface area contributed by atoms with Gasteiger partial charge in [0, 0.05) is 17.6 Å². The third-order valence-electron chi connectivity index (χ3n) is 5.15. The number of amides is 1. The molecule has 0 aliphatic carbocycles. The normalized spacial score (nSPS) is 13.4. The zero-order chi connectivity index (χ0) is 21.3. The molecular formula is C22H26N4O3.